The van der Waals surface area contributed by atoms with Gasteiger partial charge in [0.25, 0.3) is 0 Å². The summed E-state index contributed by atoms with van der Waals surface area (Å²) >= 11 is 0. The minimum Gasteiger partial charge on any atom is -0.468 e. The first-order chi connectivity index (χ1) is 14.9. The molecule has 3 aromatic carbocycles. The highest BCUT2D eigenvalue weighted by molar-refractivity contribution is 6.21. The Morgan fingerprint density at radius 1 is 1.03 bits per heavy atom. The van der Waals surface area contributed by atoms with E-state index >= 15 is 0 Å². The monoisotopic (exact) mass is 414 g/mol. The Morgan fingerprint density at radius 2 is 1.74 bits per heavy atom. The molecule has 0 bridgehead atoms. The van der Waals surface area contributed by atoms with Crippen LogP contribution >= 0.6 is 0 Å². The van der Waals surface area contributed by atoms with Gasteiger partial charge in [-0.15, -0.1) is 0 Å². The first-order valence-electron chi connectivity index (χ1n) is 10.4. The van der Waals surface area contributed by atoms with Crippen molar-refractivity contribution >= 4 is 28.5 Å². The van der Waals surface area contributed by atoms with Crippen molar-refractivity contribution in [2.45, 2.75) is 26.2 Å². The van der Waals surface area contributed by atoms with Gasteiger partial charge in [0.05, 0.1) is 12.5 Å². The molecule has 2 aliphatic rings. The molecule has 0 radical (unpaired) electrons. The van der Waals surface area contributed by atoms with Gasteiger partial charge >= 0.3 is 11.9 Å². The smallest absolute Gasteiger partial charge is 0.330 e. The van der Waals surface area contributed by atoms with Crippen molar-refractivity contribution in [3.63, 3.8) is 0 Å². The highest BCUT2D eigenvalue weighted by Crippen LogP contribution is 2.80. The lowest BCUT2D eigenvalue weighted by Crippen LogP contribution is -2.40. The van der Waals surface area contributed by atoms with Crippen LogP contribution in [0.1, 0.15) is 40.7 Å². The summed E-state index contributed by atoms with van der Waals surface area (Å²) in [6.45, 7) is 3.78. The molecule has 0 saturated heterocycles. The SMILES string of the molecule is CC[C@]1(C(=O)c2ccc(C)cc2)[C@@H]2c3c(ccc4ccccc34)OC(=O)[C@]21C(=O)OC. The first kappa shape index (κ1) is 19.5. The van der Waals surface area contributed by atoms with Gasteiger partial charge in [-0.2, -0.15) is 0 Å². The fourth-order valence-corrected chi connectivity index (χ4v) is 5.60. The van der Waals surface area contributed by atoms with Gasteiger partial charge in [0.2, 0.25) is 0 Å². The molecule has 1 fully saturated rings. The van der Waals surface area contributed by atoms with E-state index in [1.54, 1.807) is 18.2 Å². The highest BCUT2D eigenvalue weighted by atomic mass is 16.6. The lowest BCUT2D eigenvalue weighted by Gasteiger charge is -2.23. The third-order valence-corrected chi connectivity index (χ3v) is 7.07. The molecule has 5 heteroatoms. The number of Topliss-reactive ketones (excluding diaryl/α,β-unsaturated/α-hetero) is 1. The second-order valence-electron chi connectivity index (χ2n) is 8.34. The number of carbonyl (C=O) groups excluding carboxylic acids is 3. The van der Waals surface area contributed by atoms with Crippen LogP contribution in [0.4, 0.5) is 0 Å². The van der Waals surface area contributed by atoms with Gasteiger partial charge in [-0.3, -0.25) is 14.4 Å². The average Bonchev–Trinajstić information content (AvgIpc) is 3.44. The number of hydrogen-bond donors (Lipinski definition) is 0. The molecule has 156 valence electrons. The van der Waals surface area contributed by atoms with Crippen LogP contribution in [0.2, 0.25) is 0 Å². The van der Waals surface area contributed by atoms with E-state index in [4.69, 9.17) is 9.47 Å². The minimum atomic E-state index is -1.68. The molecule has 0 spiro atoms. The molecule has 0 unspecified atom stereocenters. The zero-order chi connectivity index (χ0) is 22.0. The van der Waals surface area contributed by atoms with Crippen LogP contribution in [-0.4, -0.2) is 24.8 Å². The molecule has 1 saturated carbocycles. The molecular weight excluding hydrogens is 392 g/mol. The molecular formula is C26H22O5. The average molecular weight is 414 g/mol. The predicted molar refractivity (Wildman–Crippen MR) is 115 cm³/mol. The molecule has 1 aliphatic carbocycles. The third-order valence-electron chi connectivity index (χ3n) is 7.07. The lowest BCUT2D eigenvalue weighted by molar-refractivity contribution is -0.160. The molecule has 5 nitrogen and oxygen atoms in total. The van der Waals surface area contributed by atoms with E-state index in [1.165, 1.54) is 7.11 Å². The number of methoxy groups -OCH3 is 1. The number of fused-ring (bicyclic) bond motifs is 5. The van der Waals surface area contributed by atoms with Crippen molar-refractivity contribution in [1.82, 2.24) is 0 Å². The van der Waals surface area contributed by atoms with Crippen molar-refractivity contribution in [3.05, 3.63) is 77.4 Å². The topological polar surface area (TPSA) is 69.7 Å². The van der Waals surface area contributed by atoms with Crippen LogP contribution in [0.15, 0.2) is 60.7 Å². The van der Waals surface area contributed by atoms with Crippen LogP contribution in [0.3, 0.4) is 0 Å². The van der Waals surface area contributed by atoms with Gasteiger partial charge < -0.3 is 9.47 Å². The normalized spacial score (nSPS) is 25.9. The minimum absolute atomic E-state index is 0.233. The Labute approximate surface area is 180 Å². The number of ketones is 1. The number of aryl methyl sites for hydroxylation is 1. The fourth-order valence-electron chi connectivity index (χ4n) is 5.60. The summed E-state index contributed by atoms with van der Waals surface area (Å²) in [5.41, 5.74) is -0.726. The van der Waals surface area contributed by atoms with E-state index in [0.29, 0.717) is 17.7 Å². The van der Waals surface area contributed by atoms with E-state index in [9.17, 15) is 14.4 Å². The van der Waals surface area contributed by atoms with E-state index in [0.717, 1.165) is 21.9 Å². The van der Waals surface area contributed by atoms with Gasteiger partial charge in [0.15, 0.2) is 11.2 Å². The van der Waals surface area contributed by atoms with Gasteiger partial charge in [-0.25, -0.2) is 0 Å². The van der Waals surface area contributed by atoms with Gasteiger partial charge in [0.1, 0.15) is 5.75 Å². The van der Waals surface area contributed by atoms with Crippen molar-refractivity contribution in [1.29, 1.82) is 0 Å². The summed E-state index contributed by atoms with van der Waals surface area (Å²) in [5.74, 6) is -1.91. The molecule has 3 aromatic rings. The Balaban J connectivity index is 1.81. The number of benzene rings is 3. The zero-order valence-electron chi connectivity index (χ0n) is 17.6. The number of carbonyl (C=O) groups is 3. The standard InChI is InChI=1S/C26H22O5/c1-4-25(22(27)17-11-9-15(2)10-12-17)21-20-18-8-6-5-7-16(18)13-14-19(20)31-24(29)26(21,25)23(28)30-3/h5-14,21H,4H2,1-3H3/t21-,25+,26+/m0/s1. The van der Waals surface area contributed by atoms with Crippen molar-refractivity contribution in [2.24, 2.45) is 10.8 Å². The lowest BCUT2D eigenvalue weighted by atomic mass is 9.83. The van der Waals surface area contributed by atoms with E-state index in [-0.39, 0.29) is 5.78 Å². The first-order valence-corrected chi connectivity index (χ1v) is 10.4. The van der Waals surface area contributed by atoms with Crippen LogP contribution in [0, 0.1) is 17.8 Å². The number of rotatable bonds is 4. The Kier molecular flexibility index (Phi) is 4.09. The Morgan fingerprint density at radius 3 is 2.42 bits per heavy atom. The maximum atomic E-state index is 13.9. The molecule has 1 heterocycles. The number of ether oxygens (including phenoxy) is 2. The summed E-state index contributed by atoms with van der Waals surface area (Å²) in [7, 11) is 1.25. The van der Waals surface area contributed by atoms with Crippen LogP contribution in [0.25, 0.3) is 10.8 Å². The Bertz CT molecular complexity index is 1260. The van der Waals surface area contributed by atoms with E-state index in [1.807, 2.05) is 56.3 Å². The predicted octanol–water partition coefficient (Wildman–Crippen LogP) is 4.60. The molecule has 0 amide bonds. The number of esters is 2. The van der Waals surface area contributed by atoms with Crippen LogP contribution in [0.5, 0.6) is 5.75 Å². The second-order valence-corrected chi connectivity index (χ2v) is 8.34. The largest absolute Gasteiger partial charge is 0.468 e. The van der Waals surface area contributed by atoms with E-state index < -0.39 is 28.7 Å². The molecule has 1 aliphatic heterocycles. The summed E-state index contributed by atoms with van der Waals surface area (Å²) in [6, 6.07) is 18.6. The van der Waals surface area contributed by atoms with Gasteiger partial charge in [-0.1, -0.05) is 67.1 Å². The molecule has 5 rings (SSSR count). The summed E-state index contributed by atoms with van der Waals surface area (Å²) < 4.78 is 10.8. The second kappa shape index (κ2) is 6.51. The van der Waals surface area contributed by atoms with Crippen LogP contribution < -0.4 is 4.74 Å². The Hall–Kier alpha value is -3.47. The van der Waals surface area contributed by atoms with Gasteiger partial charge in [-0.05, 0) is 30.2 Å². The fraction of sp³-hybridized carbons (Fsp3) is 0.269. The molecule has 0 N–H and O–H groups in total. The van der Waals surface area contributed by atoms with Crippen molar-refractivity contribution in [3.8, 4) is 5.75 Å². The summed E-state index contributed by atoms with van der Waals surface area (Å²) in [4.78, 5) is 40.5. The summed E-state index contributed by atoms with van der Waals surface area (Å²) in [5, 5.41) is 1.83. The summed E-state index contributed by atoms with van der Waals surface area (Å²) in [6.07, 6.45) is 0.303. The third kappa shape index (κ3) is 2.23. The van der Waals surface area contributed by atoms with Gasteiger partial charge in [0, 0.05) is 17.0 Å². The molecule has 31 heavy (non-hydrogen) atoms. The van der Waals surface area contributed by atoms with E-state index in [2.05, 4.69) is 0 Å². The maximum absolute atomic E-state index is 13.9. The maximum Gasteiger partial charge on any atom is 0.330 e. The number of hydrogen-bond acceptors (Lipinski definition) is 5. The van der Waals surface area contributed by atoms with Crippen molar-refractivity contribution < 1.29 is 23.9 Å². The van der Waals surface area contributed by atoms with Crippen LogP contribution in [-0.2, 0) is 14.3 Å². The highest BCUT2D eigenvalue weighted by Gasteiger charge is 2.90. The molecule has 3 atom stereocenters. The van der Waals surface area contributed by atoms with Crippen molar-refractivity contribution in [2.75, 3.05) is 7.11 Å². The molecule has 0 aromatic heterocycles. The quantitative estimate of drug-likeness (QED) is 0.270. The zero-order valence-corrected chi connectivity index (χ0v) is 17.6.